The third kappa shape index (κ3) is 2.27. The molecule has 1 aliphatic heterocycles. The van der Waals surface area contributed by atoms with Crippen molar-refractivity contribution in [1.82, 2.24) is 9.78 Å². The van der Waals surface area contributed by atoms with Crippen molar-refractivity contribution in [2.45, 2.75) is 32.8 Å². The van der Waals surface area contributed by atoms with E-state index in [1.165, 1.54) is 0 Å². The van der Waals surface area contributed by atoms with Gasteiger partial charge in [-0.1, -0.05) is 27.5 Å². The van der Waals surface area contributed by atoms with Gasteiger partial charge in [0.1, 0.15) is 0 Å². The van der Waals surface area contributed by atoms with Crippen molar-refractivity contribution in [2.24, 2.45) is 12.5 Å². The Hall–Kier alpha value is -0.0600. The van der Waals surface area contributed by atoms with Crippen molar-refractivity contribution in [3.63, 3.8) is 0 Å². The Labute approximate surface area is 116 Å². The molecule has 5 heteroatoms. The molecule has 0 bridgehead atoms. The van der Waals surface area contributed by atoms with E-state index in [-0.39, 0.29) is 11.5 Å². The lowest BCUT2D eigenvalue weighted by Gasteiger charge is -2.30. The highest BCUT2D eigenvalue weighted by Gasteiger charge is 2.41. The van der Waals surface area contributed by atoms with Crippen LogP contribution in [0, 0.1) is 12.3 Å². The summed E-state index contributed by atoms with van der Waals surface area (Å²) < 4.78 is 7.61. The molecule has 0 spiro atoms. The van der Waals surface area contributed by atoms with Crippen LogP contribution in [-0.2, 0) is 18.2 Å². The molecular weight excluding hydrogens is 304 g/mol. The largest absolute Gasteiger partial charge is 0.378 e. The second-order valence-corrected chi connectivity index (χ2v) is 5.84. The molecule has 0 aliphatic carbocycles. The van der Waals surface area contributed by atoms with Gasteiger partial charge in [-0.2, -0.15) is 5.10 Å². The Balaban J connectivity index is 2.30. The van der Waals surface area contributed by atoms with Crippen LogP contribution in [0.5, 0.6) is 0 Å². The van der Waals surface area contributed by atoms with Gasteiger partial charge < -0.3 is 4.74 Å². The molecule has 1 saturated heterocycles. The fraction of sp³-hybridized carbons (Fsp3) is 0.750. The van der Waals surface area contributed by atoms with Crippen molar-refractivity contribution in [2.75, 3.05) is 11.9 Å². The monoisotopic (exact) mass is 320 g/mol. The van der Waals surface area contributed by atoms with Crippen LogP contribution in [0.3, 0.4) is 0 Å². The second-order valence-electron chi connectivity index (χ2n) is 4.91. The molecule has 0 saturated carbocycles. The Bertz CT molecular complexity index is 421. The van der Waals surface area contributed by atoms with Gasteiger partial charge in [-0.3, -0.25) is 4.68 Å². The highest BCUT2D eigenvalue weighted by Crippen LogP contribution is 2.41. The maximum Gasteiger partial charge on any atom is 0.0847 e. The number of aryl methyl sites for hydroxylation is 2. The quantitative estimate of drug-likeness (QED) is 0.800. The van der Waals surface area contributed by atoms with Crippen LogP contribution < -0.4 is 0 Å². The lowest BCUT2D eigenvalue weighted by atomic mass is 9.79. The zero-order valence-corrected chi connectivity index (χ0v) is 12.8. The van der Waals surface area contributed by atoms with Crippen LogP contribution in [0.15, 0.2) is 0 Å². The highest BCUT2D eigenvalue weighted by molar-refractivity contribution is 9.09. The summed E-state index contributed by atoms with van der Waals surface area (Å²) in [5.41, 5.74) is 2.16. The third-order valence-corrected chi connectivity index (χ3v) is 5.49. The van der Waals surface area contributed by atoms with Crippen LogP contribution in [0.25, 0.3) is 0 Å². The van der Waals surface area contributed by atoms with Gasteiger partial charge in [0.15, 0.2) is 0 Å². The van der Waals surface area contributed by atoms with Gasteiger partial charge in [0, 0.05) is 24.4 Å². The summed E-state index contributed by atoms with van der Waals surface area (Å²) in [6.07, 6.45) is 2.24. The predicted molar refractivity (Wildman–Crippen MR) is 72.9 cm³/mol. The van der Waals surface area contributed by atoms with Crippen molar-refractivity contribution in [3.05, 3.63) is 16.4 Å². The first-order valence-electron chi connectivity index (χ1n) is 5.86. The topological polar surface area (TPSA) is 27.1 Å². The van der Waals surface area contributed by atoms with Crippen LogP contribution in [0.1, 0.15) is 24.7 Å². The number of aromatic nitrogens is 2. The van der Waals surface area contributed by atoms with Crippen molar-refractivity contribution in [1.29, 1.82) is 0 Å². The molecule has 0 aromatic carbocycles. The summed E-state index contributed by atoms with van der Waals surface area (Å²) in [6.45, 7) is 4.92. The normalized spacial score (nSPS) is 28.9. The molecule has 2 rings (SSSR count). The van der Waals surface area contributed by atoms with Crippen LogP contribution >= 0.6 is 27.5 Å². The molecule has 96 valence electrons. The lowest BCUT2D eigenvalue weighted by molar-refractivity contribution is 0.0738. The molecule has 1 aliphatic rings. The van der Waals surface area contributed by atoms with Crippen molar-refractivity contribution >= 4 is 27.5 Å². The summed E-state index contributed by atoms with van der Waals surface area (Å²) in [5, 5.41) is 6.10. The van der Waals surface area contributed by atoms with E-state index < -0.39 is 0 Å². The number of ether oxygens (including phenoxy) is 1. The minimum absolute atomic E-state index is 0.143. The molecule has 2 heterocycles. The van der Waals surface area contributed by atoms with Gasteiger partial charge in [0.05, 0.1) is 22.5 Å². The van der Waals surface area contributed by atoms with Gasteiger partial charge in [0.25, 0.3) is 0 Å². The van der Waals surface area contributed by atoms with Crippen molar-refractivity contribution in [3.8, 4) is 0 Å². The number of nitrogens with zero attached hydrogens (tertiary/aromatic N) is 2. The van der Waals surface area contributed by atoms with E-state index >= 15 is 0 Å². The molecule has 17 heavy (non-hydrogen) atoms. The molecule has 0 amide bonds. The van der Waals surface area contributed by atoms with E-state index in [0.29, 0.717) is 0 Å². The molecule has 3 nitrogen and oxygen atoms in total. The van der Waals surface area contributed by atoms with E-state index in [4.69, 9.17) is 16.3 Å². The lowest BCUT2D eigenvalue weighted by Crippen LogP contribution is -2.33. The molecule has 1 aromatic rings. The Morgan fingerprint density at radius 3 is 2.76 bits per heavy atom. The average Bonchev–Trinajstić information content (AvgIpc) is 2.76. The fourth-order valence-corrected chi connectivity index (χ4v) is 3.64. The van der Waals surface area contributed by atoms with Gasteiger partial charge in [-0.15, -0.1) is 0 Å². The number of hydrogen-bond acceptors (Lipinski definition) is 2. The standard InChI is InChI=1S/C12H18BrClN2O/c1-8-11(14)10(16(3)15-8)6-12(7-13)4-5-17-9(12)2/h9H,4-7H2,1-3H3. The summed E-state index contributed by atoms with van der Waals surface area (Å²) in [6, 6.07) is 0. The second kappa shape index (κ2) is 4.90. The molecule has 2 atom stereocenters. The Kier molecular flexibility index (Phi) is 3.86. The number of alkyl halides is 1. The van der Waals surface area contributed by atoms with Crippen molar-refractivity contribution < 1.29 is 4.74 Å². The van der Waals surface area contributed by atoms with Crippen LogP contribution in [0.4, 0.5) is 0 Å². The zero-order chi connectivity index (χ0) is 12.6. The number of hydrogen-bond donors (Lipinski definition) is 0. The molecule has 0 radical (unpaired) electrons. The van der Waals surface area contributed by atoms with Gasteiger partial charge in [-0.05, 0) is 26.7 Å². The predicted octanol–water partition coefficient (Wildman–Crippen LogP) is 3.11. The highest BCUT2D eigenvalue weighted by atomic mass is 79.9. The first kappa shape index (κ1) is 13.4. The van der Waals surface area contributed by atoms with Gasteiger partial charge in [0.2, 0.25) is 0 Å². The zero-order valence-electron chi connectivity index (χ0n) is 10.5. The summed E-state index contributed by atoms with van der Waals surface area (Å²) in [5.74, 6) is 0. The van der Waals surface area contributed by atoms with E-state index in [0.717, 1.165) is 41.2 Å². The van der Waals surface area contributed by atoms with E-state index in [1.54, 1.807) is 0 Å². The van der Waals surface area contributed by atoms with Crippen LogP contribution in [0.2, 0.25) is 5.02 Å². The number of rotatable bonds is 3. The summed E-state index contributed by atoms with van der Waals surface area (Å²) in [7, 11) is 1.95. The number of halogens is 2. The first-order valence-corrected chi connectivity index (χ1v) is 7.35. The molecule has 1 aromatic heterocycles. The Morgan fingerprint density at radius 1 is 1.65 bits per heavy atom. The molecule has 1 fully saturated rings. The molecule has 2 unspecified atom stereocenters. The maximum absolute atomic E-state index is 6.32. The molecular formula is C12H18BrClN2O. The summed E-state index contributed by atoms with van der Waals surface area (Å²) in [4.78, 5) is 0. The van der Waals surface area contributed by atoms with E-state index in [2.05, 4.69) is 28.0 Å². The first-order chi connectivity index (χ1) is 8.00. The fourth-order valence-electron chi connectivity index (χ4n) is 2.48. The third-order valence-electron chi connectivity index (χ3n) is 3.88. The minimum Gasteiger partial charge on any atom is -0.378 e. The Morgan fingerprint density at radius 2 is 2.35 bits per heavy atom. The average molecular weight is 322 g/mol. The summed E-state index contributed by atoms with van der Waals surface area (Å²) >= 11 is 9.95. The minimum atomic E-state index is 0.143. The van der Waals surface area contributed by atoms with Gasteiger partial charge in [-0.25, -0.2) is 0 Å². The van der Waals surface area contributed by atoms with Crippen LogP contribution in [-0.4, -0.2) is 27.8 Å². The SMILES string of the molecule is Cc1nn(C)c(CC2(CBr)CCOC2C)c1Cl. The van der Waals surface area contributed by atoms with E-state index in [9.17, 15) is 0 Å². The smallest absolute Gasteiger partial charge is 0.0847 e. The van der Waals surface area contributed by atoms with E-state index in [1.807, 2.05) is 18.7 Å². The van der Waals surface area contributed by atoms with Gasteiger partial charge >= 0.3 is 0 Å². The molecule has 0 N–H and O–H groups in total. The maximum atomic E-state index is 6.32.